The van der Waals surface area contributed by atoms with Crippen LogP contribution in [0.15, 0.2) is 0 Å². The van der Waals surface area contributed by atoms with E-state index in [2.05, 4.69) is 11.8 Å². The van der Waals surface area contributed by atoms with Crippen LogP contribution in [-0.2, 0) is 4.79 Å². The van der Waals surface area contributed by atoms with Crippen molar-refractivity contribution in [2.75, 3.05) is 13.1 Å². The van der Waals surface area contributed by atoms with Crippen molar-refractivity contribution in [3.63, 3.8) is 0 Å². The number of fused-ring (bicyclic) bond motifs is 5. The molecule has 0 spiro atoms. The Balaban J connectivity index is 1.42. The minimum absolute atomic E-state index is 0.467. The maximum absolute atomic E-state index is 12.5. The summed E-state index contributed by atoms with van der Waals surface area (Å²) < 4.78 is 0. The van der Waals surface area contributed by atoms with Crippen LogP contribution in [0.25, 0.3) is 0 Å². The smallest absolute Gasteiger partial charge is 0.226 e. The Kier molecular flexibility index (Phi) is 2.13. The van der Waals surface area contributed by atoms with E-state index in [9.17, 15) is 4.79 Å². The molecule has 1 saturated heterocycles. The van der Waals surface area contributed by atoms with Crippen molar-refractivity contribution in [1.29, 1.82) is 0 Å². The average Bonchev–Trinajstić information content (AvgIpc) is 2.77. The summed E-state index contributed by atoms with van der Waals surface area (Å²) in [6.45, 7) is 4.38. The molecular weight excluding hydrogens is 210 g/mol. The molecule has 3 saturated carbocycles. The van der Waals surface area contributed by atoms with Gasteiger partial charge in [0.1, 0.15) is 0 Å². The van der Waals surface area contributed by atoms with Crippen LogP contribution < -0.4 is 0 Å². The van der Waals surface area contributed by atoms with Gasteiger partial charge in [-0.2, -0.15) is 0 Å². The molecule has 4 fully saturated rings. The quantitative estimate of drug-likeness (QED) is 0.681. The van der Waals surface area contributed by atoms with Gasteiger partial charge >= 0.3 is 0 Å². The Morgan fingerprint density at radius 2 is 1.59 bits per heavy atom. The van der Waals surface area contributed by atoms with Crippen molar-refractivity contribution in [3.05, 3.63) is 0 Å². The number of amides is 1. The zero-order valence-corrected chi connectivity index (χ0v) is 10.8. The van der Waals surface area contributed by atoms with Crippen LogP contribution in [-0.4, -0.2) is 23.9 Å². The third kappa shape index (κ3) is 1.42. The molecule has 2 nitrogen and oxygen atoms in total. The van der Waals surface area contributed by atoms with Crippen LogP contribution >= 0.6 is 0 Å². The van der Waals surface area contributed by atoms with Crippen LogP contribution in [0.3, 0.4) is 0 Å². The van der Waals surface area contributed by atoms with Gasteiger partial charge in [0.2, 0.25) is 5.91 Å². The number of rotatable bonds is 1. The van der Waals surface area contributed by atoms with Crippen LogP contribution in [0.1, 0.15) is 39.0 Å². The number of likely N-dealkylation sites (tertiary alicyclic amines) is 1. The summed E-state index contributed by atoms with van der Waals surface area (Å²) in [7, 11) is 0. The van der Waals surface area contributed by atoms with Crippen molar-refractivity contribution < 1.29 is 4.79 Å². The van der Waals surface area contributed by atoms with Gasteiger partial charge in [-0.3, -0.25) is 4.79 Å². The number of nitrogens with zero attached hydrogens (tertiary/aromatic N) is 1. The predicted molar refractivity (Wildman–Crippen MR) is 66.3 cm³/mol. The van der Waals surface area contributed by atoms with Gasteiger partial charge in [0.25, 0.3) is 0 Å². The second kappa shape index (κ2) is 3.49. The molecule has 17 heavy (non-hydrogen) atoms. The maximum Gasteiger partial charge on any atom is 0.226 e. The Hall–Kier alpha value is -0.530. The minimum Gasteiger partial charge on any atom is -0.342 e. The van der Waals surface area contributed by atoms with Crippen molar-refractivity contribution in [2.24, 2.45) is 35.5 Å². The van der Waals surface area contributed by atoms with Gasteiger partial charge in [-0.05, 0) is 61.7 Å². The first-order chi connectivity index (χ1) is 8.25. The molecule has 2 heteroatoms. The molecule has 3 aliphatic carbocycles. The van der Waals surface area contributed by atoms with E-state index < -0.39 is 0 Å². The summed E-state index contributed by atoms with van der Waals surface area (Å²) in [5.74, 6) is 5.33. The zero-order valence-electron chi connectivity index (χ0n) is 10.8. The van der Waals surface area contributed by atoms with Gasteiger partial charge in [0.15, 0.2) is 0 Å². The molecule has 0 unspecified atom stereocenters. The second-order valence-corrected chi connectivity index (χ2v) is 7.02. The fourth-order valence-electron chi connectivity index (χ4n) is 5.10. The fraction of sp³-hybridized carbons (Fsp3) is 0.933. The third-order valence-corrected chi connectivity index (χ3v) is 6.12. The Morgan fingerprint density at radius 3 is 2.18 bits per heavy atom. The van der Waals surface area contributed by atoms with E-state index in [0.29, 0.717) is 11.8 Å². The first-order valence-corrected chi connectivity index (χ1v) is 7.54. The summed E-state index contributed by atoms with van der Waals surface area (Å²) >= 11 is 0. The molecule has 1 aliphatic heterocycles. The first kappa shape index (κ1) is 10.4. The number of carbonyl (C=O) groups excluding carboxylic acids is 1. The lowest BCUT2D eigenvalue weighted by Gasteiger charge is -2.31. The number of hydrogen-bond donors (Lipinski definition) is 0. The molecule has 1 amide bonds. The van der Waals surface area contributed by atoms with Crippen molar-refractivity contribution in [1.82, 2.24) is 4.90 Å². The molecule has 0 aromatic heterocycles. The van der Waals surface area contributed by atoms with Gasteiger partial charge in [-0.1, -0.05) is 6.92 Å². The molecular formula is C15H23NO. The highest BCUT2D eigenvalue weighted by atomic mass is 16.2. The summed E-state index contributed by atoms with van der Waals surface area (Å²) in [6, 6.07) is 0. The Labute approximate surface area is 104 Å². The molecule has 1 heterocycles. The van der Waals surface area contributed by atoms with E-state index >= 15 is 0 Å². The topological polar surface area (TPSA) is 20.3 Å². The number of carbonyl (C=O) groups is 1. The van der Waals surface area contributed by atoms with Crippen LogP contribution in [0.5, 0.6) is 0 Å². The Bertz CT molecular complexity index is 329. The highest BCUT2D eigenvalue weighted by molar-refractivity contribution is 5.83. The maximum atomic E-state index is 12.5. The molecule has 0 aromatic carbocycles. The lowest BCUT2D eigenvalue weighted by atomic mass is 9.97. The molecule has 4 aliphatic rings. The van der Waals surface area contributed by atoms with Crippen molar-refractivity contribution in [2.45, 2.75) is 39.0 Å². The summed E-state index contributed by atoms with van der Waals surface area (Å²) in [5, 5.41) is 0. The molecule has 4 atom stereocenters. The highest BCUT2D eigenvalue weighted by Gasteiger charge is 2.67. The van der Waals surface area contributed by atoms with Gasteiger partial charge < -0.3 is 4.90 Å². The molecule has 94 valence electrons. The molecule has 0 aromatic rings. The minimum atomic E-state index is 0.467. The van der Waals surface area contributed by atoms with Crippen molar-refractivity contribution >= 4 is 5.91 Å². The number of piperidine rings is 1. The third-order valence-electron chi connectivity index (χ3n) is 6.12. The number of hydrogen-bond acceptors (Lipinski definition) is 1. The fourth-order valence-corrected chi connectivity index (χ4v) is 5.10. The second-order valence-electron chi connectivity index (χ2n) is 7.02. The van der Waals surface area contributed by atoms with Crippen LogP contribution in [0.2, 0.25) is 0 Å². The zero-order chi connectivity index (χ0) is 11.6. The molecule has 4 rings (SSSR count). The molecule has 2 bridgehead atoms. The van der Waals surface area contributed by atoms with Crippen LogP contribution in [0, 0.1) is 35.5 Å². The van der Waals surface area contributed by atoms with E-state index in [0.717, 1.165) is 42.7 Å². The summed E-state index contributed by atoms with van der Waals surface area (Å²) in [4.78, 5) is 14.7. The first-order valence-electron chi connectivity index (χ1n) is 7.54. The summed E-state index contributed by atoms with van der Waals surface area (Å²) in [6.07, 6.45) is 6.75. The Morgan fingerprint density at radius 1 is 1.00 bits per heavy atom. The van der Waals surface area contributed by atoms with Gasteiger partial charge in [0.05, 0.1) is 0 Å². The van der Waals surface area contributed by atoms with Crippen molar-refractivity contribution in [3.8, 4) is 0 Å². The van der Waals surface area contributed by atoms with E-state index in [1.54, 1.807) is 0 Å². The van der Waals surface area contributed by atoms with E-state index in [-0.39, 0.29) is 0 Å². The largest absolute Gasteiger partial charge is 0.342 e. The lowest BCUT2D eigenvalue weighted by molar-refractivity contribution is -0.135. The van der Waals surface area contributed by atoms with Gasteiger partial charge in [0, 0.05) is 19.0 Å². The van der Waals surface area contributed by atoms with Crippen LogP contribution in [0.4, 0.5) is 0 Å². The SMILES string of the molecule is CC1CCN(C(=O)C2[C@H]3[C@H]4CC[C@@H](C4)[C@H]23)CC1. The predicted octanol–water partition coefficient (Wildman–Crippen LogP) is 2.54. The van der Waals surface area contributed by atoms with E-state index in [1.807, 2.05) is 0 Å². The summed E-state index contributed by atoms with van der Waals surface area (Å²) in [5.41, 5.74) is 0. The standard InChI is InChI=1S/C15H23NO/c1-9-4-6-16(7-5-9)15(17)14-12-10-2-3-11(8-10)13(12)14/h9-14H,2-8H2,1H3/t10-,11-,12-,13-/m0/s1. The van der Waals surface area contributed by atoms with E-state index in [4.69, 9.17) is 0 Å². The highest BCUT2D eigenvalue weighted by Crippen LogP contribution is 2.69. The average molecular weight is 233 g/mol. The van der Waals surface area contributed by atoms with E-state index in [1.165, 1.54) is 32.1 Å². The van der Waals surface area contributed by atoms with Gasteiger partial charge in [-0.25, -0.2) is 0 Å². The molecule has 0 radical (unpaired) electrons. The lowest BCUT2D eigenvalue weighted by Crippen LogP contribution is -2.39. The monoisotopic (exact) mass is 233 g/mol. The molecule has 0 N–H and O–H groups in total. The normalized spacial score (nSPS) is 48.3. The van der Waals surface area contributed by atoms with Gasteiger partial charge in [-0.15, -0.1) is 0 Å².